The van der Waals surface area contributed by atoms with Crippen molar-refractivity contribution in [2.75, 3.05) is 7.05 Å². The normalized spacial score (nSPS) is 10.9. The van der Waals surface area contributed by atoms with Gasteiger partial charge < -0.3 is 5.32 Å². The third-order valence-electron chi connectivity index (χ3n) is 0.707. The lowest BCUT2D eigenvalue weighted by Gasteiger charge is -1.85. The molecule has 9 heavy (non-hydrogen) atoms. The molecule has 1 amide bonds. The second kappa shape index (κ2) is 5.03. The molecule has 1 N–H and O–H groups in total. The van der Waals surface area contributed by atoms with Crippen LogP contribution in [0.5, 0.6) is 0 Å². The minimum Gasteiger partial charge on any atom is -0.356 e. The van der Waals surface area contributed by atoms with Gasteiger partial charge in [0, 0.05) is 25.5 Å². The van der Waals surface area contributed by atoms with Crippen molar-refractivity contribution in [3.8, 4) is 0 Å². The molecule has 0 aromatic rings. The van der Waals surface area contributed by atoms with Crippen molar-refractivity contribution in [3.05, 3.63) is 12.3 Å². The number of amides is 1. The second-order valence-electron chi connectivity index (χ2n) is 1.34. The molecule has 0 aromatic heterocycles. The van der Waals surface area contributed by atoms with Crippen molar-refractivity contribution in [2.45, 2.75) is 6.92 Å². The number of likely N-dealkylation sites (N-methyl/N-ethyl adjacent to an activating group) is 1. The van der Waals surface area contributed by atoms with E-state index in [0.717, 1.165) is 0 Å². The Bertz CT molecular complexity index is 138. The molecule has 0 atom stereocenters. The lowest BCUT2D eigenvalue weighted by Crippen LogP contribution is -2.13. The van der Waals surface area contributed by atoms with Gasteiger partial charge in [-0.25, -0.2) is 0 Å². The summed E-state index contributed by atoms with van der Waals surface area (Å²) in [5.41, 5.74) is 0. The van der Waals surface area contributed by atoms with E-state index < -0.39 is 0 Å². The summed E-state index contributed by atoms with van der Waals surface area (Å²) >= 11 is 0. The number of nitrogens with zero attached hydrogens (tertiary/aromatic N) is 1. The largest absolute Gasteiger partial charge is 0.356 e. The first-order valence-corrected chi connectivity index (χ1v) is 2.67. The summed E-state index contributed by atoms with van der Waals surface area (Å²) < 4.78 is 0. The highest BCUT2D eigenvalue weighted by atomic mass is 16.1. The van der Waals surface area contributed by atoms with Crippen molar-refractivity contribution >= 4 is 12.1 Å². The van der Waals surface area contributed by atoms with Gasteiger partial charge in [0.05, 0.1) is 0 Å². The van der Waals surface area contributed by atoms with Crippen LogP contribution in [0.25, 0.3) is 0 Å². The van der Waals surface area contributed by atoms with Gasteiger partial charge in [0.15, 0.2) is 0 Å². The SMILES string of the molecule is C/C=N\C=C\C(=O)NC. The molecular formula is C6H10N2O. The Kier molecular flexibility index (Phi) is 4.40. The number of carbonyl (C=O) groups excluding carboxylic acids is 1. The molecule has 3 nitrogen and oxygen atoms in total. The minimum absolute atomic E-state index is 0.138. The Morgan fingerprint density at radius 1 is 1.67 bits per heavy atom. The standard InChI is InChI=1S/C6H10N2O/c1-3-8-5-4-6(9)7-2/h3-5H,1-2H3,(H,7,9)/b5-4+,8-3-. The van der Waals surface area contributed by atoms with Crippen LogP contribution in [-0.4, -0.2) is 19.2 Å². The van der Waals surface area contributed by atoms with Crippen molar-refractivity contribution in [1.82, 2.24) is 5.32 Å². The number of aliphatic imine (C=N–C) groups is 1. The molecule has 50 valence electrons. The Morgan fingerprint density at radius 2 is 2.33 bits per heavy atom. The van der Waals surface area contributed by atoms with Gasteiger partial charge in [-0.05, 0) is 6.92 Å². The number of carbonyl (C=O) groups is 1. The van der Waals surface area contributed by atoms with E-state index in [1.165, 1.54) is 12.3 Å². The first kappa shape index (κ1) is 7.88. The van der Waals surface area contributed by atoms with Crippen LogP contribution in [0.2, 0.25) is 0 Å². The summed E-state index contributed by atoms with van der Waals surface area (Å²) in [6.45, 7) is 1.79. The smallest absolute Gasteiger partial charge is 0.245 e. The average Bonchev–Trinajstić information content (AvgIpc) is 1.89. The highest BCUT2D eigenvalue weighted by Crippen LogP contribution is 1.72. The first-order chi connectivity index (χ1) is 4.31. The number of rotatable bonds is 2. The van der Waals surface area contributed by atoms with Crippen LogP contribution >= 0.6 is 0 Å². The number of hydrogen-bond acceptors (Lipinski definition) is 2. The molecule has 0 saturated carbocycles. The molecule has 0 rings (SSSR count). The van der Waals surface area contributed by atoms with E-state index in [1.54, 1.807) is 20.2 Å². The molecule has 0 bridgehead atoms. The molecule has 3 heteroatoms. The van der Waals surface area contributed by atoms with Gasteiger partial charge in [-0.2, -0.15) is 0 Å². The predicted molar refractivity (Wildman–Crippen MR) is 37.4 cm³/mol. The topological polar surface area (TPSA) is 41.5 Å². The van der Waals surface area contributed by atoms with E-state index in [9.17, 15) is 4.79 Å². The van der Waals surface area contributed by atoms with Crippen molar-refractivity contribution in [1.29, 1.82) is 0 Å². The van der Waals surface area contributed by atoms with Crippen LogP contribution in [-0.2, 0) is 4.79 Å². The predicted octanol–water partition coefficient (Wildman–Crippen LogP) is 0.337. The third-order valence-corrected chi connectivity index (χ3v) is 0.707. The maximum absolute atomic E-state index is 10.4. The fraction of sp³-hybridized carbons (Fsp3) is 0.333. The highest BCUT2D eigenvalue weighted by Gasteiger charge is 1.82. The van der Waals surface area contributed by atoms with E-state index in [2.05, 4.69) is 10.3 Å². The molecule has 0 spiro atoms. The number of hydrogen-bond donors (Lipinski definition) is 1. The molecule has 0 unspecified atom stereocenters. The van der Waals surface area contributed by atoms with Crippen LogP contribution in [0, 0.1) is 0 Å². The van der Waals surface area contributed by atoms with Crippen molar-refractivity contribution in [3.63, 3.8) is 0 Å². The summed E-state index contributed by atoms with van der Waals surface area (Å²) in [7, 11) is 1.57. The van der Waals surface area contributed by atoms with Crippen LogP contribution in [0.4, 0.5) is 0 Å². The fourth-order valence-corrected chi connectivity index (χ4v) is 0.280. The van der Waals surface area contributed by atoms with E-state index in [4.69, 9.17) is 0 Å². The van der Waals surface area contributed by atoms with Crippen molar-refractivity contribution < 1.29 is 4.79 Å². The average molecular weight is 126 g/mol. The van der Waals surface area contributed by atoms with Gasteiger partial charge in [0.2, 0.25) is 5.91 Å². The molecule has 0 heterocycles. The van der Waals surface area contributed by atoms with Gasteiger partial charge in [-0.15, -0.1) is 0 Å². The quantitative estimate of drug-likeness (QED) is 0.420. The first-order valence-electron chi connectivity index (χ1n) is 2.67. The molecule has 0 saturated heterocycles. The summed E-state index contributed by atoms with van der Waals surface area (Å²) in [6, 6.07) is 0. The molecule has 0 aliphatic carbocycles. The zero-order chi connectivity index (χ0) is 7.11. The lowest BCUT2D eigenvalue weighted by molar-refractivity contribution is -0.116. The lowest BCUT2D eigenvalue weighted by atomic mass is 10.6. The minimum atomic E-state index is -0.138. The maximum Gasteiger partial charge on any atom is 0.245 e. The highest BCUT2D eigenvalue weighted by molar-refractivity contribution is 5.87. The maximum atomic E-state index is 10.4. The zero-order valence-electron chi connectivity index (χ0n) is 5.59. The third kappa shape index (κ3) is 4.74. The van der Waals surface area contributed by atoms with Crippen LogP contribution in [0.15, 0.2) is 17.3 Å². The molecule has 0 aliphatic heterocycles. The van der Waals surface area contributed by atoms with Gasteiger partial charge in [0.1, 0.15) is 0 Å². The van der Waals surface area contributed by atoms with Gasteiger partial charge in [-0.1, -0.05) is 0 Å². The van der Waals surface area contributed by atoms with Gasteiger partial charge >= 0.3 is 0 Å². The Morgan fingerprint density at radius 3 is 2.78 bits per heavy atom. The van der Waals surface area contributed by atoms with E-state index in [0.29, 0.717) is 0 Å². The Hall–Kier alpha value is -1.12. The monoisotopic (exact) mass is 126 g/mol. The summed E-state index contributed by atoms with van der Waals surface area (Å²) in [4.78, 5) is 14.1. The van der Waals surface area contributed by atoms with E-state index in [-0.39, 0.29) is 5.91 Å². The summed E-state index contributed by atoms with van der Waals surface area (Å²) in [6.07, 6.45) is 4.41. The number of nitrogens with one attached hydrogen (secondary N) is 1. The summed E-state index contributed by atoms with van der Waals surface area (Å²) in [5, 5.41) is 2.42. The van der Waals surface area contributed by atoms with E-state index in [1.807, 2.05) is 0 Å². The molecule has 0 fully saturated rings. The molecule has 0 aliphatic rings. The Labute approximate surface area is 54.5 Å². The molecule has 0 radical (unpaired) electrons. The van der Waals surface area contributed by atoms with Gasteiger partial charge in [-0.3, -0.25) is 9.79 Å². The summed E-state index contributed by atoms with van der Waals surface area (Å²) in [5.74, 6) is -0.138. The molecular weight excluding hydrogens is 116 g/mol. The molecule has 0 aromatic carbocycles. The van der Waals surface area contributed by atoms with E-state index >= 15 is 0 Å². The fourth-order valence-electron chi connectivity index (χ4n) is 0.280. The van der Waals surface area contributed by atoms with Crippen LogP contribution < -0.4 is 5.32 Å². The zero-order valence-corrected chi connectivity index (χ0v) is 5.59. The van der Waals surface area contributed by atoms with Gasteiger partial charge in [0.25, 0.3) is 0 Å². The van der Waals surface area contributed by atoms with Crippen LogP contribution in [0.3, 0.4) is 0 Å². The van der Waals surface area contributed by atoms with Crippen LogP contribution in [0.1, 0.15) is 6.92 Å². The Balaban J connectivity index is 3.57. The second-order valence-corrected chi connectivity index (χ2v) is 1.34. The van der Waals surface area contributed by atoms with Crippen molar-refractivity contribution in [2.24, 2.45) is 4.99 Å².